The Labute approximate surface area is 173 Å². The van der Waals surface area contributed by atoms with Crippen molar-refractivity contribution in [3.8, 4) is 5.75 Å². The topological polar surface area (TPSA) is 49.3 Å². The van der Waals surface area contributed by atoms with E-state index >= 15 is 0 Å². The monoisotopic (exact) mass is 439 g/mol. The molecular weight excluding hydrogens is 424 g/mol. The Morgan fingerprint density at radius 3 is 1.90 bits per heavy atom. The summed E-state index contributed by atoms with van der Waals surface area (Å²) in [4.78, 5) is 12.4. The second-order valence-corrected chi connectivity index (χ2v) is 6.80. The summed E-state index contributed by atoms with van der Waals surface area (Å²) >= 11 is 0. The number of alkyl halides is 6. The van der Waals surface area contributed by atoms with Crippen LogP contribution in [0, 0.1) is 0 Å². The quantitative estimate of drug-likeness (QED) is 0.471. The highest BCUT2D eigenvalue weighted by Gasteiger charge is 2.37. The molecule has 0 aliphatic carbocycles. The van der Waals surface area contributed by atoms with E-state index in [2.05, 4.69) is 5.32 Å². The number of anilines is 1. The number of aromatic hydroxyl groups is 1. The van der Waals surface area contributed by atoms with E-state index in [9.17, 15) is 36.2 Å². The first-order chi connectivity index (χ1) is 14.4. The molecule has 2 N–H and O–H groups in total. The van der Waals surface area contributed by atoms with E-state index in [1.54, 1.807) is 0 Å². The summed E-state index contributed by atoms with van der Waals surface area (Å²) in [7, 11) is 0. The van der Waals surface area contributed by atoms with Crippen LogP contribution in [0.15, 0.2) is 66.7 Å². The largest absolute Gasteiger partial charge is 0.508 e. The molecule has 3 nitrogen and oxygen atoms in total. The average molecular weight is 439 g/mol. The van der Waals surface area contributed by atoms with E-state index in [1.807, 2.05) is 30.3 Å². The van der Waals surface area contributed by atoms with Crippen molar-refractivity contribution >= 4 is 11.6 Å². The fourth-order valence-corrected chi connectivity index (χ4v) is 2.97. The molecule has 0 fully saturated rings. The number of phenolic OH excluding ortho intramolecular Hbond substituents is 1. The predicted octanol–water partition coefficient (Wildman–Crippen LogP) is 6.27. The molecule has 9 heteroatoms. The van der Waals surface area contributed by atoms with Gasteiger partial charge in [-0.15, -0.1) is 0 Å². The van der Waals surface area contributed by atoms with Gasteiger partial charge >= 0.3 is 12.4 Å². The van der Waals surface area contributed by atoms with Gasteiger partial charge in [-0.3, -0.25) is 4.79 Å². The molecule has 0 aromatic heterocycles. The Morgan fingerprint density at radius 1 is 0.774 bits per heavy atom. The number of amides is 1. The van der Waals surface area contributed by atoms with Gasteiger partial charge in [-0.1, -0.05) is 30.3 Å². The fourth-order valence-electron chi connectivity index (χ4n) is 2.97. The standard InChI is InChI=1S/C22H15F6NO2/c23-21(24,25)16-9-15(10-17(11-16)22(26,27)28)20(31)29-18-7-14(8-19(30)12-18)6-13-4-2-1-3-5-13/h1-5,7-12,30H,6H2,(H,29,31). The lowest BCUT2D eigenvalue weighted by Gasteiger charge is -2.14. The summed E-state index contributed by atoms with van der Waals surface area (Å²) in [6.45, 7) is 0. The van der Waals surface area contributed by atoms with Crippen molar-refractivity contribution in [2.75, 3.05) is 5.32 Å². The van der Waals surface area contributed by atoms with E-state index in [-0.39, 0.29) is 17.5 Å². The van der Waals surface area contributed by atoms with Gasteiger partial charge in [0.05, 0.1) is 11.1 Å². The minimum absolute atomic E-state index is 0.0295. The minimum atomic E-state index is -5.07. The lowest BCUT2D eigenvalue weighted by atomic mass is 10.0. The van der Waals surface area contributed by atoms with E-state index in [0.29, 0.717) is 24.1 Å². The zero-order valence-electron chi connectivity index (χ0n) is 15.7. The summed E-state index contributed by atoms with van der Waals surface area (Å²) in [5.41, 5.74) is -2.47. The van der Waals surface area contributed by atoms with E-state index < -0.39 is 35.0 Å². The maximum absolute atomic E-state index is 13.0. The van der Waals surface area contributed by atoms with Crippen LogP contribution < -0.4 is 5.32 Å². The fraction of sp³-hybridized carbons (Fsp3) is 0.136. The molecule has 1 amide bonds. The first-order valence-electron chi connectivity index (χ1n) is 8.89. The van der Waals surface area contributed by atoms with Crippen molar-refractivity contribution in [1.29, 1.82) is 0 Å². The zero-order valence-corrected chi connectivity index (χ0v) is 15.7. The molecule has 0 spiro atoms. The van der Waals surface area contributed by atoms with Crippen molar-refractivity contribution in [1.82, 2.24) is 0 Å². The lowest BCUT2D eigenvalue weighted by Crippen LogP contribution is -2.17. The zero-order chi connectivity index (χ0) is 22.8. The van der Waals surface area contributed by atoms with Crippen LogP contribution in [-0.4, -0.2) is 11.0 Å². The predicted molar refractivity (Wildman–Crippen MR) is 102 cm³/mol. The number of carbonyl (C=O) groups excluding carboxylic acids is 1. The lowest BCUT2D eigenvalue weighted by molar-refractivity contribution is -0.143. The number of carbonyl (C=O) groups is 1. The molecule has 0 saturated heterocycles. The van der Waals surface area contributed by atoms with Crippen LogP contribution >= 0.6 is 0 Å². The number of phenols is 1. The normalized spacial score (nSPS) is 11.9. The van der Waals surface area contributed by atoms with Crippen LogP contribution in [0.5, 0.6) is 5.75 Å². The Balaban J connectivity index is 1.91. The molecule has 3 aromatic carbocycles. The molecule has 3 rings (SSSR count). The van der Waals surface area contributed by atoms with Crippen molar-refractivity contribution in [2.24, 2.45) is 0 Å². The van der Waals surface area contributed by atoms with E-state index in [0.717, 1.165) is 11.6 Å². The average Bonchev–Trinajstić information content (AvgIpc) is 2.66. The first-order valence-corrected chi connectivity index (χ1v) is 8.89. The van der Waals surface area contributed by atoms with Crippen LogP contribution in [0.3, 0.4) is 0 Å². The van der Waals surface area contributed by atoms with Gasteiger partial charge in [-0.2, -0.15) is 26.3 Å². The molecule has 0 heterocycles. The molecule has 0 saturated carbocycles. The third-order valence-corrected chi connectivity index (χ3v) is 4.34. The van der Waals surface area contributed by atoms with Gasteiger partial charge in [0.25, 0.3) is 5.91 Å². The number of hydrogen-bond acceptors (Lipinski definition) is 2. The van der Waals surface area contributed by atoms with Gasteiger partial charge in [-0.25, -0.2) is 0 Å². The maximum atomic E-state index is 13.0. The van der Waals surface area contributed by atoms with Gasteiger partial charge in [0.2, 0.25) is 0 Å². The van der Waals surface area contributed by atoms with Crippen LogP contribution in [0.25, 0.3) is 0 Å². The van der Waals surface area contributed by atoms with Crippen LogP contribution in [-0.2, 0) is 18.8 Å². The third-order valence-electron chi connectivity index (χ3n) is 4.34. The number of hydrogen-bond donors (Lipinski definition) is 2. The number of halogens is 6. The van der Waals surface area contributed by atoms with Gasteiger partial charge < -0.3 is 10.4 Å². The van der Waals surface area contributed by atoms with E-state index in [1.165, 1.54) is 12.1 Å². The van der Waals surface area contributed by atoms with Gasteiger partial charge in [-0.05, 0) is 47.9 Å². The molecule has 0 aliphatic rings. The first kappa shape index (κ1) is 22.2. The highest BCUT2D eigenvalue weighted by atomic mass is 19.4. The van der Waals surface area contributed by atoms with Gasteiger partial charge in [0.1, 0.15) is 5.75 Å². The minimum Gasteiger partial charge on any atom is -0.508 e. The van der Waals surface area contributed by atoms with Crippen molar-refractivity contribution < 1.29 is 36.2 Å². The SMILES string of the molecule is O=C(Nc1cc(O)cc(Cc2ccccc2)c1)c1cc(C(F)(F)F)cc(C(F)(F)F)c1. The second-order valence-electron chi connectivity index (χ2n) is 6.80. The molecule has 0 unspecified atom stereocenters. The molecule has 162 valence electrons. The summed E-state index contributed by atoms with van der Waals surface area (Å²) < 4.78 is 78.0. The highest BCUT2D eigenvalue weighted by Crippen LogP contribution is 2.36. The summed E-state index contributed by atoms with van der Waals surface area (Å²) in [5, 5.41) is 12.2. The summed E-state index contributed by atoms with van der Waals surface area (Å²) in [6, 6.07) is 13.8. The van der Waals surface area contributed by atoms with Crippen molar-refractivity contribution in [3.05, 3.63) is 94.5 Å². The Morgan fingerprint density at radius 2 is 1.35 bits per heavy atom. The van der Waals surface area contributed by atoms with Gasteiger partial charge in [0.15, 0.2) is 0 Å². The Bertz CT molecular complexity index is 1060. The molecule has 3 aromatic rings. The molecular formula is C22H15F6NO2. The van der Waals surface area contributed by atoms with E-state index in [4.69, 9.17) is 0 Å². The smallest absolute Gasteiger partial charge is 0.416 e. The molecule has 0 radical (unpaired) electrons. The Kier molecular flexibility index (Phi) is 5.97. The summed E-state index contributed by atoms with van der Waals surface area (Å²) in [5.74, 6) is -1.39. The third kappa shape index (κ3) is 5.78. The molecule has 0 atom stereocenters. The van der Waals surface area contributed by atoms with Crippen molar-refractivity contribution in [2.45, 2.75) is 18.8 Å². The number of benzene rings is 3. The Hall–Kier alpha value is -3.49. The molecule has 0 bridgehead atoms. The maximum Gasteiger partial charge on any atom is 0.416 e. The molecule has 31 heavy (non-hydrogen) atoms. The van der Waals surface area contributed by atoms with Crippen LogP contribution in [0.2, 0.25) is 0 Å². The highest BCUT2D eigenvalue weighted by molar-refractivity contribution is 6.04. The second kappa shape index (κ2) is 8.33. The number of rotatable bonds is 4. The van der Waals surface area contributed by atoms with Crippen LogP contribution in [0.1, 0.15) is 32.6 Å². The molecule has 0 aliphatic heterocycles. The van der Waals surface area contributed by atoms with Crippen molar-refractivity contribution in [3.63, 3.8) is 0 Å². The number of nitrogens with one attached hydrogen (secondary N) is 1. The van der Waals surface area contributed by atoms with Gasteiger partial charge in [0, 0.05) is 17.3 Å². The summed E-state index contributed by atoms with van der Waals surface area (Å²) in [6.07, 6.45) is -9.74. The van der Waals surface area contributed by atoms with Crippen LogP contribution in [0.4, 0.5) is 32.0 Å².